The van der Waals surface area contributed by atoms with Gasteiger partial charge in [0, 0.05) is 0 Å². The molecule has 0 fully saturated rings. The summed E-state index contributed by atoms with van der Waals surface area (Å²) < 4.78 is -0.735. The average Bonchev–Trinajstić information content (AvgIpc) is 2.18. The molecule has 0 saturated heterocycles. The van der Waals surface area contributed by atoms with Crippen LogP contribution in [0.15, 0.2) is 30.3 Å². The number of benzene rings is 1. The molecule has 0 aromatic heterocycles. The first kappa shape index (κ1) is 9.33. The Hall–Kier alpha value is -0.760. The highest BCUT2D eigenvalue weighted by Gasteiger charge is 2.25. The van der Waals surface area contributed by atoms with E-state index in [1.165, 1.54) is 0 Å². The first-order valence-electron chi connectivity index (χ1n) is 3.90. The van der Waals surface area contributed by atoms with E-state index in [1.807, 2.05) is 43.5 Å². The zero-order valence-corrected chi connectivity index (χ0v) is 7.84. The molecule has 1 atom stereocenters. The molecule has 0 spiro atoms. The molecule has 63 valence electrons. The van der Waals surface area contributed by atoms with Gasteiger partial charge in [0.2, 0.25) is 6.29 Å². The van der Waals surface area contributed by atoms with E-state index in [0.29, 0.717) is 6.42 Å². The Bertz CT molecular complexity index is 258. The van der Waals surface area contributed by atoms with E-state index in [9.17, 15) is 4.79 Å². The fourth-order valence-corrected chi connectivity index (χ4v) is 1.20. The van der Waals surface area contributed by atoms with Crippen LogP contribution in [0.3, 0.4) is 0 Å². The van der Waals surface area contributed by atoms with Gasteiger partial charge >= 0.3 is 0 Å². The van der Waals surface area contributed by atoms with Crippen molar-refractivity contribution >= 4 is 18.9 Å². The molecular weight excluding hydrogens is 168 g/mol. The van der Waals surface area contributed by atoms with Gasteiger partial charge in [0.25, 0.3) is 0 Å². The van der Waals surface area contributed by atoms with Gasteiger partial charge in [0.1, 0.15) is 4.75 Å². The molecule has 1 unspecified atom stereocenters. The van der Waals surface area contributed by atoms with Gasteiger partial charge in [-0.3, -0.25) is 4.79 Å². The summed E-state index contributed by atoms with van der Waals surface area (Å²) in [6, 6.07) is 9.49. The molecule has 1 nitrogen and oxygen atoms in total. The third-order valence-corrected chi connectivity index (χ3v) is 2.60. The Balaban J connectivity index is 3.03. The van der Waals surface area contributed by atoms with Crippen molar-refractivity contribution in [3.63, 3.8) is 0 Å². The van der Waals surface area contributed by atoms with Gasteiger partial charge in [-0.05, 0) is 12.0 Å². The van der Waals surface area contributed by atoms with Crippen LogP contribution in [0.2, 0.25) is 0 Å². The third-order valence-electron chi connectivity index (χ3n) is 1.93. The molecule has 1 radical (unpaired) electrons. The second-order valence-electron chi connectivity index (χ2n) is 2.68. The van der Waals surface area contributed by atoms with E-state index in [2.05, 4.69) is 12.6 Å². The summed E-state index contributed by atoms with van der Waals surface area (Å²) in [5.41, 5.74) is 0.908. The summed E-state index contributed by atoms with van der Waals surface area (Å²) in [4.78, 5) is 10.7. The first-order chi connectivity index (χ1) is 5.73. The molecular formula is C10H11OS. The summed E-state index contributed by atoms with van der Waals surface area (Å²) >= 11 is 4.28. The van der Waals surface area contributed by atoms with Crippen molar-refractivity contribution in [3.05, 3.63) is 35.9 Å². The van der Waals surface area contributed by atoms with E-state index in [0.717, 1.165) is 5.56 Å². The van der Waals surface area contributed by atoms with Crippen molar-refractivity contribution in [2.24, 2.45) is 0 Å². The molecule has 1 rings (SSSR count). The summed E-state index contributed by atoms with van der Waals surface area (Å²) in [6.07, 6.45) is 2.61. The van der Waals surface area contributed by atoms with E-state index in [1.54, 1.807) is 0 Å². The third kappa shape index (κ3) is 1.69. The molecule has 0 aliphatic heterocycles. The summed E-state index contributed by atoms with van der Waals surface area (Å²) in [6.45, 7) is 1.92. The van der Waals surface area contributed by atoms with Gasteiger partial charge in [-0.15, -0.1) is 0 Å². The Morgan fingerprint density at radius 3 is 2.42 bits per heavy atom. The van der Waals surface area contributed by atoms with Crippen LogP contribution in [0.1, 0.15) is 18.9 Å². The van der Waals surface area contributed by atoms with E-state index < -0.39 is 4.75 Å². The minimum Gasteiger partial charge on any atom is -0.289 e. The number of thiol groups is 1. The minimum absolute atomic E-state index is 0.656. The fraction of sp³-hybridized carbons (Fsp3) is 0.300. The zero-order valence-electron chi connectivity index (χ0n) is 6.95. The maximum absolute atomic E-state index is 10.7. The molecule has 0 saturated carbocycles. The molecule has 0 aliphatic carbocycles. The highest BCUT2D eigenvalue weighted by atomic mass is 32.1. The highest BCUT2D eigenvalue weighted by molar-refractivity contribution is 7.82. The van der Waals surface area contributed by atoms with Gasteiger partial charge in [-0.1, -0.05) is 37.3 Å². The van der Waals surface area contributed by atoms with Crippen molar-refractivity contribution in [1.29, 1.82) is 0 Å². The number of hydrogen-bond acceptors (Lipinski definition) is 2. The predicted molar refractivity (Wildman–Crippen MR) is 53.1 cm³/mol. The first-order valence-corrected chi connectivity index (χ1v) is 4.35. The van der Waals surface area contributed by atoms with Crippen LogP contribution in [0, 0.1) is 0 Å². The van der Waals surface area contributed by atoms with Gasteiger partial charge in [0.05, 0.1) is 0 Å². The van der Waals surface area contributed by atoms with Crippen molar-refractivity contribution < 1.29 is 4.79 Å². The summed E-state index contributed by atoms with van der Waals surface area (Å²) in [7, 11) is 0. The lowest BCUT2D eigenvalue weighted by Crippen LogP contribution is -2.18. The number of rotatable bonds is 3. The molecule has 2 heteroatoms. The van der Waals surface area contributed by atoms with Gasteiger partial charge < -0.3 is 0 Å². The number of carbonyl (C=O) groups excluding carboxylic acids is 1. The molecule has 0 aliphatic rings. The summed E-state index contributed by atoms with van der Waals surface area (Å²) in [5.74, 6) is 0. The van der Waals surface area contributed by atoms with Crippen LogP contribution >= 0.6 is 12.6 Å². The number of hydrogen-bond donors (Lipinski definition) is 1. The van der Waals surface area contributed by atoms with Gasteiger partial charge in [0.15, 0.2) is 0 Å². The minimum atomic E-state index is -0.735. The topological polar surface area (TPSA) is 17.1 Å². The van der Waals surface area contributed by atoms with Crippen molar-refractivity contribution in [2.75, 3.05) is 0 Å². The predicted octanol–water partition coefficient (Wildman–Crippen LogP) is 2.33. The lowest BCUT2D eigenvalue weighted by molar-refractivity contribution is 0.533. The second kappa shape index (κ2) is 3.76. The molecule has 12 heavy (non-hydrogen) atoms. The maximum Gasteiger partial charge on any atom is 0.220 e. The van der Waals surface area contributed by atoms with E-state index in [4.69, 9.17) is 0 Å². The fourth-order valence-electron chi connectivity index (χ4n) is 1.05. The lowest BCUT2D eigenvalue weighted by Gasteiger charge is -2.18. The van der Waals surface area contributed by atoms with Crippen LogP contribution < -0.4 is 0 Å². The van der Waals surface area contributed by atoms with Crippen molar-refractivity contribution in [3.8, 4) is 0 Å². The van der Waals surface area contributed by atoms with Crippen LogP contribution in [0.4, 0.5) is 0 Å². The average molecular weight is 179 g/mol. The molecule has 0 heterocycles. The van der Waals surface area contributed by atoms with Crippen molar-refractivity contribution in [1.82, 2.24) is 0 Å². The highest BCUT2D eigenvalue weighted by Crippen LogP contribution is 2.29. The van der Waals surface area contributed by atoms with Crippen molar-refractivity contribution in [2.45, 2.75) is 18.1 Å². The Morgan fingerprint density at radius 1 is 1.42 bits per heavy atom. The quantitative estimate of drug-likeness (QED) is 0.705. The zero-order chi connectivity index (χ0) is 9.03. The SMILES string of the molecule is CCC(S)([C]=O)c1ccccc1. The second-order valence-corrected chi connectivity index (χ2v) is 3.45. The molecule has 0 amide bonds. The monoisotopic (exact) mass is 179 g/mol. The standard InChI is InChI=1S/C10H11OS/c1-2-10(12,8-11)9-6-4-3-5-7-9/h3-7,12H,2H2,1H3. The Kier molecular flexibility index (Phi) is 2.93. The van der Waals surface area contributed by atoms with Crippen LogP contribution in [-0.4, -0.2) is 6.29 Å². The van der Waals surface area contributed by atoms with E-state index in [-0.39, 0.29) is 0 Å². The smallest absolute Gasteiger partial charge is 0.220 e. The van der Waals surface area contributed by atoms with Crippen LogP contribution in [0.25, 0.3) is 0 Å². The summed E-state index contributed by atoms with van der Waals surface area (Å²) in [5, 5.41) is 0. The molecule has 0 N–H and O–H groups in total. The van der Waals surface area contributed by atoms with Gasteiger partial charge in [-0.25, -0.2) is 0 Å². The Labute approximate surface area is 78.2 Å². The Morgan fingerprint density at radius 2 is 2.00 bits per heavy atom. The van der Waals surface area contributed by atoms with Crippen LogP contribution in [0.5, 0.6) is 0 Å². The normalized spacial score (nSPS) is 15.2. The molecule has 1 aromatic carbocycles. The maximum atomic E-state index is 10.7. The van der Waals surface area contributed by atoms with Crippen LogP contribution in [-0.2, 0) is 9.54 Å². The largest absolute Gasteiger partial charge is 0.289 e. The molecule has 0 bridgehead atoms. The van der Waals surface area contributed by atoms with Gasteiger partial charge in [-0.2, -0.15) is 12.6 Å². The molecule has 1 aromatic rings. The van der Waals surface area contributed by atoms with E-state index >= 15 is 0 Å². The lowest BCUT2D eigenvalue weighted by atomic mass is 9.97.